The Bertz CT molecular complexity index is 1110. The van der Waals surface area contributed by atoms with Crippen LogP contribution in [0.1, 0.15) is 39.1 Å². The summed E-state index contributed by atoms with van der Waals surface area (Å²) >= 11 is 1.29. The maximum absolute atomic E-state index is 13.8. The Balaban J connectivity index is 1.65. The first-order valence-corrected chi connectivity index (χ1v) is 11.6. The third-order valence-electron chi connectivity index (χ3n) is 4.97. The van der Waals surface area contributed by atoms with Crippen LogP contribution in [0.2, 0.25) is 0 Å². The van der Waals surface area contributed by atoms with Crippen molar-refractivity contribution in [2.45, 2.75) is 56.7 Å². The van der Waals surface area contributed by atoms with Crippen LogP contribution >= 0.6 is 11.8 Å². The van der Waals surface area contributed by atoms with E-state index in [4.69, 9.17) is 4.74 Å². The largest absolute Gasteiger partial charge is 0.483 e. The lowest BCUT2D eigenvalue weighted by Crippen LogP contribution is -2.23. The molecule has 1 unspecified atom stereocenters. The molecule has 0 saturated heterocycles. The first-order valence-electron chi connectivity index (χ1n) is 10.7. The zero-order chi connectivity index (χ0) is 24.0. The molecule has 0 aliphatic carbocycles. The molecule has 0 aliphatic rings. The highest BCUT2D eigenvalue weighted by atomic mass is 32.2. The van der Waals surface area contributed by atoms with Gasteiger partial charge in [-0.25, -0.2) is 4.39 Å². The van der Waals surface area contributed by atoms with Crippen molar-refractivity contribution < 1.29 is 13.9 Å². The Morgan fingerprint density at radius 3 is 2.55 bits per heavy atom. The summed E-state index contributed by atoms with van der Waals surface area (Å²) in [7, 11) is 0. The number of carbonyl (C=O) groups excluding carboxylic acids is 1. The van der Waals surface area contributed by atoms with Gasteiger partial charge in [0.15, 0.2) is 22.5 Å². The van der Waals surface area contributed by atoms with E-state index in [9.17, 15) is 9.18 Å². The lowest BCUT2D eigenvalue weighted by Gasteiger charge is -2.19. The second-order valence-electron chi connectivity index (χ2n) is 8.59. The summed E-state index contributed by atoms with van der Waals surface area (Å²) in [6.07, 6.45) is 1.71. The van der Waals surface area contributed by atoms with E-state index < -0.39 is 11.1 Å². The van der Waals surface area contributed by atoms with Crippen LogP contribution in [0.3, 0.4) is 0 Å². The van der Waals surface area contributed by atoms with E-state index >= 15 is 0 Å². The minimum Gasteiger partial charge on any atom is -0.483 e. The van der Waals surface area contributed by atoms with Gasteiger partial charge >= 0.3 is 0 Å². The monoisotopic (exact) mass is 468 g/mol. The first-order chi connectivity index (χ1) is 15.7. The number of amides is 1. The fourth-order valence-electron chi connectivity index (χ4n) is 3.04. The molecule has 0 radical (unpaired) electrons. The molecule has 33 heavy (non-hydrogen) atoms. The van der Waals surface area contributed by atoms with Crippen LogP contribution in [0, 0.1) is 5.82 Å². The third-order valence-corrected chi connectivity index (χ3v) is 6.05. The maximum atomic E-state index is 13.8. The number of hydrogen-bond acceptors (Lipinski definition) is 5. The summed E-state index contributed by atoms with van der Waals surface area (Å²) in [5.74, 6) is 0.0830. The Morgan fingerprint density at radius 1 is 1.21 bits per heavy atom. The average molecular weight is 469 g/mol. The molecule has 2 aromatic carbocycles. The SMILES string of the molecule is C=CCn1c(COc2ccccc2F)nnc1SC(C)C(=O)Nc1ccc(C(C)(C)C)cc1. The van der Waals surface area contributed by atoms with E-state index in [1.165, 1.54) is 23.4 Å². The number of rotatable bonds is 9. The molecule has 0 saturated carbocycles. The summed E-state index contributed by atoms with van der Waals surface area (Å²) in [4.78, 5) is 12.7. The molecular formula is C25H29FN4O2S. The number of benzene rings is 2. The van der Waals surface area contributed by atoms with Gasteiger partial charge in [0.25, 0.3) is 0 Å². The number of carbonyl (C=O) groups is 1. The Kier molecular flexibility index (Phi) is 7.92. The fourth-order valence-corrected chi connectivity index (χ4v) is 3.92. The average Bonchev–Trinajstić information content (AvgIpc) is 3.14. The molecule has 1 N–H and O–H groups in total. The minimum atomic E-state index is -0.442. The highest BCUT2D eigenvalue weighted by Gasteiger charge is 2.21. The number of ether oxygens (including phenoxy) is 1. The van der Waals surface area contributed by atoms with Crippen LogP contribution in [0.15, 0.2) is 66.3 Å². The summed E-state index contributed by atoms with van der Waals surface area (Å²) < 4.78 is 21.2. The van der Waals surface area contributed by atoms with Crippen LogP contribution in [0.4, 0.5) is 10.1 Å². The standard InChI is InChI=1S/C25H29FN4O2S/c1-6-15-30-22(16-32-21-10-8-7-9-20(21)26)28-29-24(30)33-17(2)23(31)27-19-13-11-18(12-14-19)25(3,4)5/h6-14,17H,1,15-16H2,2-5H3,(H,27,31). The van der Waals surface area contributed by atoms with Gasteiger partial charge in [0, 0.05) is 12.2 Å². The fraction of sp³-hybridized carbons (Fsp3) is 0.320. The van der Waals surface area contributed by atoms with Crippen molar-refractivity contribution in [2.24, 2.45) is 0 Å². The molecule has 1 atom stereocenters. The predicted octanol–water partition coefficient (Wildman–Crippen LogP) is 5.60. The van der Waals surface area contributed by atoms with Crippen LogP contribution in [-0.4, -0.2) is 25.9 Å². The van der Waals surface area contributed by atoms with Crippen molar-refractivity contribution >= 4 is 23.4 Å². The molecule has 3 aromatic rings. The topological polar surface area (TPSA) is 69.0 Å². The van der Waals surface area contributed by atoms with Gasteiger partial charge in [0.2, 0.25) is 5.91 Å². The number of allylic oxidation sites excluding steroid dienone is 1. The summed E-state index contributed by atoms with van der Waals surface area (Å²) in [5.41, 5.74) is 1.99. The highest BCUT2D eigenvalue weighted by molar-refractivity contribution is 8.00. The van der Waals surface area contributed by atoms with Crippen molar-refractivity contribution in [3.05, 3.63) is 78.4 Å². The number of nitrogens with zero attached hydrogens (tertiary/aromatic N) is 3. The smallest absolute Gasteiger partial charge is 0.237 e. The van der Waals surface area contributed by atoms with Gasteiger partial charge in [-0.2, -0.15) is 0 Å². The van der Waals surface area contributed by atoms with E-state index in [1.54, 1.807) is 28.8 Å². The van der Waals surface area contributed by atoms with Crippen LogP contribution in [0.25, 0.3) is 0 Å². The van der Waals surface area contributed by atoms with E-state index in [0.717, 1.165) is 5.69 Å². The van der Waals surface area contributed by atoms with Gasteiger partial charge in [-0.1, -0.05) is 62.9 Å². The van der Waals surface area contributed by atoms with Gasteiger partial charge in [0.05, 0.1) is 5.25 Å². The van der Waals surface area contributed by atoms with Gasteiger partial charge in [-0.3, -0.25) is 9.36 Å². The first kappa shape index (κ1) is 24.5. The van der Waals surface area contributed by atoms with Crippen molar-refractivity contribution in [3.63, 3.8) is 0 Å². The number of halogens is 1. The second-order valence-corrected chi connectivity index (χ2v) is 9.90. The molecule has 3 rings (SSSR count). The van der Waals surface area contributed by atoms with Crippen molar-refractivity contribution in [2.75, 3.05) is 5.32 Å². The number of para-hydroxylation sites is 1. The van der Waals surface area contributed by atoms with E-state index in [1.807, 2.05) is 31.2 Å². The zero-order valence-corrected chi connectivity index (χ0v) is 20.2. The normalized spacial score (nSPS) is 12.3. The van der Waals surface area contributed by atoms with Gasteiger partial charge in [-0.05, 0) is 42.2 Å². The molecule has 6 nitrogen and oxygen atoms in total. The molecule has 0 fully saturated rings. The lowest BCUT2D eigenvalue weighted by atomic mass is 9.87. The lowest BCUT2D eigenvalue weighted by molar-refractivity contribution is -0.115. The number of nitrogens with one attached hydrogen (secondary N) is 1. The number of hydrogen-bond donors (Lipinski definition) is 1. The number of aromatic nitrogens is 3. The summed E-state index contributed by atoms with van der Waals surface area (Å²) in [6.45, 7) is 12.5. The summed E-state index contributed by atoms with van der Waals surface area (Å²) in [6, 6.07) is 14.1. The molecule has 8 heteroatoms. The van der Waals surface area contributed by atoms with Crippen molar-refractivity contribution in [1.82, 2.24) is 14.8 Å². The quantitative estimate of drug-likeness (QED) is 0.327. The third kappa shape index (κ3) is 6.44. The second kappa shape index (κ2) is 10.7. The van der Waals surface area contributed by atoms with E-state index in [-0.39, 0.29) is 23.7 Å². The molecule has 1 aromatic heterocycles. The molecule has 0 bridgehead atoms. The molecular weight excluding hydrogens is 439 g/mol. The molecule has 174 valence electrons. The van der Waals surface area contributed by atoms with Crippen molar-refractivity contribution in [3.8, 4) is 5.75 Å². The highest BCUT2D eigenvalue weighted by Crippen LogP contribution is 2.26. The number of anilines is 1. The Hall–Kier alpha value is -3.13. The van der Waals surface area contributed by atoms with E-state index in [0.29, 0.717) is 17.5 Å². The summed E-state index contributed by atoms with van der Waals surface area (Å²) in [5, 5.41) is 11.5. The Labute approximate surface area is 198 Å². The minimum absolute atomic E-state index is 0.0447. The Morgan fingerprint density at radius 2 is 1.91 bits per heavy atom. The maximum Gasteiger partial charge on any atom is 0.237 e. The van der Waals surface area contributed by atoms with Gasteiger partial charge < -0.3 is 10.1 Å². The van der Waals surface area contributed by atoms with Crippen LogP contribution < -0.4 is 10.1 Å². The van der Waals surface area contributed by atoms with Gasteiger partial charge in [-0.15, -0.1) is 16.8 Å². The van der Waals surface area contributed by atoms with Crippen LogP contribution in [0.5, 0.6) is 5.75 Å². The molecule has 0 aliphatic heterocycles. The van der Waals surface area contributed by atoms with E-state index in [2.05, 4.69) is 42.9 Å². The van der Waals surface area contributed by atoms with Gasteiger partial charge in [0.1, 0.15) is 6.61 Å². The molecule has 1 heterocycles. The molecule has 0 spiro atoms. The zero-order valence-electron chi connectivity index (χ0n) is 19.3. The molecule has 1 amide bonds. The number of thioether (sulfide) groups is 1. The van der Waals surface area contributed by atoms with Crippen molar-refractivity contribution in [1.29, 1.82) is 0 Å². The van der Waals surface area contributed by atoms with Crippen LogP contribution in [-0.2, 0) is 23.4 Å². The predicted molar refractivity (Wildman–Crippen MR) is 130 cm³/mol.